The van der Waals surface area contributed by atoms with E-state index >= 15 is 0 Å². The fourth-order valence-electron chi connectivity index (χ4n) is 1.95. The summed E-state index contributed by atoms with van der Waals surface area (Å²) in [5, 5.41) is 24.0. The molecule has 0 radical (unpaired) electrons. The summed E-state index contributed by atoms with van der Waals surface area (Å²) in [6, 6.07) is 11.5. The molecule has 0 aliphatic rings. The van der Waals surface area contributed by atoms with Gasteiger partial charge in [-0.1, -0.05) is 29.8 Å². The fourth-order valence-corrected chi connectivity index (χ4v) is 2.19. The third-order valence-electron chi connectivity index (χ3n) is 3.13. The highest BCUT2D eigenvalue weighted by molar-refractivity contribution is 6.31. The number of nitrogens with zero attached hydrogens (tertiary/aromatic N) is 1. The van der Waals surface area contributed by atoms with Crippen molar-refractivity contribution < 1.29 is 10.0 Å². The molecular weight excluding hydrogens is 292 g/mol. The van der Waals surface area contributed by atoms with Gasteiger partial charge in [0.1, 0.15) is 5.75 Å². The molecule has 2 rings (SSSR count). The summed E-state index contributed by atoms with van der Waals surface area (Å²) < 4.78 is 0. The predicted octanol–water partition coefficient (Wildman–Crippen LogP) is 3.29. The molecule has 0 fully saturated rings. The quantitative estimate of drug-likeness (QED) is 0.488. The van der Waals surface area contributed by atoms with Gasteiger partial charge in [-0.25, -0.2) is 0 Å². The molecule has 2 aromatic rings. The van der Waals surface area contributed by atoms with Crippen molar-refractivity contribution in [3.05, 3.63) is 68.7 Å². The van der Waals surface area contributed by atoms with Gasteiger partial charge in [0, 0.05) is 29.3 Å². The number of aromatic hydroxyl groups is 1. The second kappa shape index (κ2) is 7.06. The normalized spacial score (nSPS) is 10.5. The zero-order valence-electron chi connectivity index (χ0n) is 11.3. The summed E-state index contributed by atoms with van der Waals surface area (Å²) in [5.74, 6) is 0.172. The van der Waals surface area contributed by atoms with Gasteiger partial charge in [-0.2, -0.15) is 0 Å². The van der Waals surface area contributed by atoms with Crippen LogP contribution in [0.3, 0.4) is 0 Å². The van der Waals surface area contributed by atoms with Gasteiger partial charge in [0.2, 0.25) is 0 Å². The summed E-state index contributed by atoms with van der Waals surface area (Å²) >= 11 is 6.01. The number of nitrogens with one attached hydrogen (secondary N) is 1. The highest BCUT2D eigenvalue weighted by atomic mass is 35.5. The van der Waals surface area contributed by atoms with Crippen LogP contribution in [0.5, 0.6) is 5.75 Å². The van der Waals surface area contributed by atoms with Crippen molar-refractivity contribution in [3.8, 4) is 5.75 Å². The number of nitro groups is 1. The van der Waals surface area contributed by atoms with E-state index in [1.165, 1.54) is 12.1 Å². The molecule has 110 valence electrons. The van der Waals surface area contributed by atoms with Crippen molar-refractivity contribution in [2.45, 2.75) is 13.0 Å². The number of phenolic OH excluding ortho intramolecular Hbond substituents is 1. The summed E-state index contributed by atoms with van der Waals surface area (Å²) in [6.45, 7) is 1.15. The minimum absolute atomic E-state index is 0.0905. The second-order valence-electron chi connectivity index (χ2n) is 4.59. The number of phenols is 1. The molecule has 0 spiro atoms. The average Bonchev–Trinajstić information content (AvgIpc) is 2.46. The molecule has 0 atom stereocenters. The highest BCUT2D eigenvalue weighted by Crippen LogP contribution is 2.24. The standard InChI is InChI=1S/C15H15ClN2O3/c16-14-2-1-3-15(19)13(14)10-17-9-8-11-4-6-12(7-5-11)18(20)21/h1-7,17,19H,8-10H2. The van der Waals surface area contributed by atoms with Gasteiger partial charge in [-0.15, -0.1) is 0 Å². The molecule has 6 heteroatoms. The van der Waals surface area contributed by atoms with E-state index in [0.29, 0.717) is 23.7 Å². The largest absolute Gasteiger partial charge is 0.508 e. The van der Waals surface area contributed by atoms with Gasteiger partial charge in [0.25, 0.3) is 5.69 Å². The Balaban J connectivity index is 1.83. The van der Waals surface area contributed by atoms with Gasteiger partial charge in [0.15, 0.2) is 0 Å². The first-order valence-electron chi connectivity index (χ1n) is 6.48. The van der Waals surface area contributed by atoms with Crippen LogP contribution in [0.2, 0.25) is 5.02 Å². The van der Waals surface area contributed by atoms with Crippen LogP contribution in [0.4, 0.5) is 5.69 Å². The van der Waals surface area contributed by atoms with Crippen molar-refractivity contribution in [2.75, 3.05) is 6.54 Å². The third-order valence-corrected chi connectivity index (χ3v) is 3.49. The molecule has 0 aliphatic heterocycles. The third kappa shape index (κ3) is 4.18. The van der Waals surface area contributed by atoms with Gasteiger partial charge < -0.3 is 10.4 Å². The Morgan fingerprint density at radius 3 is 2.52 bits per heavy atom. The Labute approximate surface area is 127 Å². The lowest BCUT2D eigenvalue weighted by Crippen LogP contribution is -2.17. The maximum absolute atomic E-state index is 10.6. The summed E-state index contributed by atoms with van der Waals surface area (Å²) in [5.41, 5.74) is 1.77. The maximum Gasteiger partial charge on any atom is 0.269 e. The summed E-state index contributed by atoms with van der Waals surface area (Å²) in [4.78, 5) is 10.1. The number of hydrogen-bond donors (Lipinski definition) is 2. The minimum Gasteiger partial charge on any atom is -0.508 e. The van der Waals surface area contributed by atoms with E-state index in [0.717, 1.165) is 12.0 Å². The molecule has 0 saturated heterocycles. The smallest absolute Gasteiger partial charge is 0.269 e. The monoisotopic (exact) mass is 306 g/mol. The Kier molecular flexibility index (Phi) is 5.14. The molecule has 2 aromatic carbocycles. The lowest BCUT2D eigenvalue weighted by Gasteiger charge is -2.08. The van der Waals surface area contributed by atoms with Crippen molar-refractivity contribution in [1.82, 2.24) is 5.32 Å². The number of benzene rings is 2. The Morgan fingerprint density at radius 1 is 1.19 bits per heavy atom. The zero-order chi connectivity index (χ0) is 15.2. The lowest BCUT2D eigenvalue weighted by molar-refractivity contribution is -0.384. The number of nitro benzene ring substituents is 1. The number of non-ortho nitro benzene ring substituents is 1. The van der Waals surface area contributed by atoms with Crippen molar-refractivity contribution in [3.63, 3.8) is 0 Å². The van der Waals surface area contributed by atoms with Crippen molar-refractivity contribution >= 4 is 17.3 Å². The molecule has 0 aromatic heterocycles. The van der Waals surface area contributed by atoms with Gasteiger partial charge in [-0.3, -0.25) is 10.1 Å². The van der Waals surface area contributed by atoms with E-state index in [1.54, 1.807) is 30.3 Å². The van der Waals surface area contributed by atoms with Gasteiger partial charge >= 0.3 is 0 Å². The topological polar surface area (TPSA) is 75.4 Å². The van der Waals surface area contributed by atoms with Crippen LogP contribution in [0.25, 0.3) is 0 Å². The Morgan fingerprint density at radius 2 is 1.90 bits per heavy atom. The molecule has 0 aliphatic carbocycles. The van der Waals surface area contributed by atoms with Crippen molar-refractivity contribution in [1.29, 1.82) is 0 Å². The first kappa shape index (κ1) is 15.3. The number of rotatable bonds is 6. The van der Waals surface area contributed by atoms with Crippen LogP contribution >= 0.6 is 11.6 Å². The van der Waals surface area contributed by atoms with Gasteiger partial charge in [-0.05, 0) is 30.7 Å². The first-order valence-corrected chi connectivity index (χ1v) is 6.86. The zero-order valence-corrected chi connectivity index (χ0v) is 12.0. The molecule has 5 nitrogen and oxygen atoms in total. The van der Waals surface area contributed by atoms with Crippen LogP contribution in [-0.4, -0.2) is 16.6 Å². The fraction of sp³-hybridized carbons (Fsp3) is 0.200. The van der Waals surface area contributed by atoms with Crippen LogP contribution in [0.15, 0.2) is 42.5 Å². The molecule has 0 heterocycles. The number of hydrogen-bond acceptors (Lipinski definition) is 4. The maximum atomic E-state index is 10.6. The average molecular weight is 307 g/mol. The lowest BCUT2D eigenvalue weighted by atomic mass is 10.1. The number of halogens is 1. The molecule has 0 unspecified atom stereocenters. The van der Waals surface area contributed by atoms with E-state index in [1.807, 2.05) is 0 Å². The minimum atomic E-state index is -0.414. The predicted molar refractivity (Wildman–Crippen MR) is 81.6 cm³/mol. The first-order chi connectivity index (χ1) is 10.1. The molecule has 0 bridgehead atoms. The van der Waals surface area contributed by atoms with Gasteiger partial charge in [0.05, 0.1) is 4.92 Å². The Bertz CT molecular complexity index is 609. The van der Waals surface area contributed by atoms with Crippen LogP contribution < -0.4 is 5.32 Å². The van der Waals surface area contributed by atoms with Crippen molar-refractivity contribution in [2.24, 2.45) is 0 Å². The van der Waals surface area contributed by atoms with E-state index < -0.39 is 4.92 Å². The molecular formula is C15H15ClN2O3. The van der Waals surface area contributed by atoms with Crippen LogP contribution in [0.1, 0.15) is 11.1 Å². The highest BCUT2D eigenvalue weighted by Gasteiger charge is 2.06. The SMILES string of the molecule is O=[N+]([O-])c1ccc(CCNCc2c(O)cccc2Cl)cc1. The van der Waals surface area contributed by atoms with E-state index in [9.17, 15) is 15.2 Å². The summed E-state index contributed by atoms with van der Waals surface area (Å²) in [6.07, 6.45) is 0.739. The molecule has 21 heavy (non-hydrogen) atoms. The van der Waals surface area contributed by atoms with E-state index in [2.05, 4.69) is 5.32 Å². The van der Waals surface area contributed by atoms with E-state index in [4.69, 9.17) is 11.6 Å². The Hall–Kier alpha value is -2.11. The second-order valence-corrected chi connectivity index (χ2v) is 5.00. The van der Waals surface area contributed by atoms with E-state index in [-0.39, 0.29) is 11.4 Å². The van der Waals surface area contributed by atoms with Crippen LogP contribution in [0, 0.1) is 10.1 Å². The van der Waals surface area contributed by atoms with Crippen LogP contribution in [-0.2, 0) is 13.0 Å². The molecule has 0 saturated carbocycles. The molecule has 0 amide bonds. The molecule has 2 N–H and O–H groups in total. The summed E-state index contributed by atoms with van der Waals surface area (Å²) in [7, 11) is 0.